The molecule has 0 radical (unpaired) electrons. The van der Waals surface area contributed by atoms with Crippen LogP contribution < -0.4 is 10.4 Å². The molecule has 1 aliphatic rings. The average Bonchev–Trinajstić information content (AvgIpc) is 3.17. The molecule has 0 aliphatic heterocycles. The van der Waals surface area contributed by atoms with Crippen LogP contribution in [-0.2, 0) is 10.8 Å². The predicted molar refractivity (Wildman–Crippen MR) is 268 cm³/mol. The maximum Gasteiger partial charge on any atom is -0.00324 e. The van der Waals surface area contributed by atoms with Crippen LogP contribution in [0, 0.1) is 17.8 Å². The van der Waals surface area contributed by atoms with Gasteiger partial charge in [-0.15, -0.1) is 0 Å². The predicted octanol–water partition coefficient (Wildman–Crippen LogP) is 16.5. The van der Waals surface area contributed by atoms with Gasteiger partial charge in [0.2, 0.25) is 0 Å². The summed E-state index contributed by atoms with van der Waals surface area (Å²) in [6.45, 7) is 47.2. The Bertz CT molecular complexity index is 2270. The largest absolute Gasteiger partial charge is 0.0912 e. The fraction of sp³-hybridized carbons (Fsp3) is 0.424. The summed E-state index contributed by atoms with van der Waals surface area (Å²) in [6.07, 6.45) is 13.7. The maximum absolute atomic E-state index is 4.68. The van der Waals surface area contributed by atoms with Crippen molar-refractivity contribution in [2.45, 2.75) is 155 Å². The van der Waals surface area contributed by atoms with Crippen molar-refractivity contribution in [3.05, 3.63) is 169 Å². The van der Waals surface area contributed by atoms with E-state index in [1.165, 1.54) is 82.8 Å². The Balaban J connectivity index is 0.00000225. The highest BCUT2D eigenvalue weighted by Gasteiger charge is 2.28. The van der Waals surface area contributed by atoms with Gasteiger partial charge in [0, 0.05) is 0 Å². The lowest BCUT2D eigenvalue weighted by Crippen LogP contribution is -2.33. The van der Waals surface area contributed by atoms with E-state index in [1.54, 1.807) is 0 Å². The SMILES string of the molecule is C=c1c(C(C)(C)C)cc(=C(c2ccc(C)cc2)c2ccc(C(C/C=C\C(C)=C/C)=C3C=C(C(C)(C)C)CC(C(C)(C)C)=C3)c3ccccc23)cc1C(C)(C)C.CC.CC. The van der Waals surface area contributed by atoms with Crippen LogP contribution in [0.5, 0.6) is 0 Å². The first-order valence-electron chi connectivity index (χ1n) is 22.4. The van der Waals surface area contributed by atoms with Crippen LogP contribution in [0.15, 0.2) is 125 Å². The Labute approximate surface area is 362 Å². The van der Waals surface area contributed by atoms with Crippen molar-refractivity contribution in [3.63, 3.8) is 0 Å². The van der Waals surface area contributed by atoms with Gasteiger partial charge in [0.15, 0.2) is 0 Å². The molecular weight excluding hydrogens is 709 g/mol. The fourth-order valence-electron chi connectivity index (χ4n) is 7.84. The summed E-state index contributed by atoms with van der Waals surface area (Å²) in [4.78, 5) is 0. The maximum atomic E-state index is 4.68. The molecule has 0 bridgehead atoms. The van der Waals surface area contributed by atoms with Gasteiger partial charge in [-0.05, 0) is 133 Å². The minimum atomic E-state index is -0.0594. The van der Waals surface area contributed by atoms with Gasteiger partial charge >= 0.3 is 0 Å². The summed E-state index contributed by atoms with van der Waals surface area (Å²) in [5, 5.41) is 4.95. The van der Waals surface area contributed by atoms with Crippen LogP contribution in [0.1, 0.15) is 171 Å². The molecule has 0 nitrogen and oxygen atoms in total. The highest BCUT2D eigenvalue weighted by atomic mass is 14.3. The number of hydrogen-bond donors (Lipinski definition) is 0. The quantitative estimate of drug-likeness (QED) is 0.171. The minimum Gasteiger partial charge on any atom is -0.0912 e. The van der Waals surface area contributed by atoms with Gasteiger partial charge in [0.05, 0.1) is 0 Å². The van der Waals surface area contributed by atoms with Crippen LogP contribution in [0.2, 0.25) is 0 Å². The Morgan fingerprint density at radius 1 is 0.627 bits per heavy atom. The molecule has 0 saturated carbocycles. The highest BCUT2D eigenvalue weighted by Crippen LogP contribution is 2.44. The summed E-state index contributed by atoms with van der Waals surface area (Å²) in [6, 6.07) is 27.9. The standard InChI is InChI=1S/C55H68.2C2H6/c1-17-36(2)21-20-24-44(40-31-42(52(5,6)7)35-43(32-40)53(8,9)10)47-29-30-48(46-23-19-18-22-45(46)47)51(39-27-25-37(3)26-28-39)41-33-49(54(11,12)13)38(4)50(34-41)55(14,15)16;2*1-2/h17-23,25-34H,4,24,35H2,1-3,5-16H3;2*1-2H3/b21-20-,36-17-;;. The van der Waals surface area contributed by atoms with Crippen LogP contribution >= 0.6 is 0 Å². The molecule has 0 unspecified atom stereocenters. The Kier molecular flexibility index (Phi) is 16.4. The summed E-state index contributed by atoms with van der Waals surface area (Å²) >= 11 is 0. The smallest absolute Gasteiger partial charge is 0.00324 e. The molecule has 4 aromatic carbocycles. The number of allylic oxidation sites excluding steroid dienone is 10. The zero-order valence-electron chi connectivity index (χ0n) is 40.9. The van der Waals surface area contributed by atoms with Crippen molar-refractivity contribution >= 4 is 28.5 Å². The lowest BCUT2D eigenvalue weighted by molar-refractivity contribution is 0.447. The first-order chi connectivity index (χ1) is 27.5. The van der Waals surface area contributed by atoms with Crippen molar-refractivity contribution < 1.29 is 0 Å². The minimum absolute atomic E-state index is 0.0594. The van der Waals surface area contributed by atoms with E-state index >= 15 is 0 Å². The first-order valence-corrected chi connectivity index (χ1v) is 22.4. The normalized spacial score (nSPS) is 13.9. The molecule has 0 atom stereocenters. The molecule has 0 heterocycles. The van der Waals surface area contributed by atoms with E-state index in [0.717, 1.165) is 18.1 Å². The van der Waals surface area contributed by atoms with Crippen LogP contribution in [0.25, 0.3) is 28.5 Å². The zero-order valence-corrected chi connectivity index (χ0v) is 40.9. The van der Waals surface area contributed by atoms with E-state index in [-0.39, 0.29) is 21.7 Å². The Morgan fingerprint density at radius 3 is 1.53 bits per heavy atom. The molecular formula is C59H80. The van der Waals surface area contributed by atoms with Crippen molar-refractivity contribution in [2.75, 3.05) is 0 Å². The topological polar surface area (TPSA) is 0 Å². The Morgan fingerprint density at radius 2 is 1.08 bits per heavy atom. The molecule has 0 heteroatoms. The molecule has 0 spiro atoms. The van der Waals surface area contributed by atoms with Gasteiger partial charge in [0.25, 0.3) is 0 Å². The van der Waals surface area contributed by atoms with Crippen LogP contribution in [-0.4, -0.2) is 0 Å². The number of fused-ring (bicyclic) bond motifs is 1. The van der Waals surface area contributed by atoms with Gasteiger partial charge in [-0.2, -0.15) is 0 Å². The summed E-state index contributed by atoms with van der Waals surface area (Å²) < 4.78 is 0. The number of benzene rings is 4. The molecule has 0 fully saturated rings. The number of rotatable bonds is 6. The number of aryl methyl sites for hydroxylation is 1. The lowest BCUT2D eigenvalue weighted by atomic mass is 9.72. The van der Waals surface area contributed by atoms with Crippen molar-refractivity contribution in [1.29, 1.82) is 0 Å². The van der Waals surface area contributed by atoms with E-state index in [4.69, 9.17) is 0 Å². The fourth-order valence-corrected chi connectivity index (χ4v) is 7.84. The Hall–Kier alpha value is -4.42. The molecule has 0 aromatic heterocycles. The van der Waals surface area contributed by atoms with E-state index in [2.05, 4.69) is 214 Å². The second-order valence-corrected chi connectivity index (χ2v) is 20.1. The average molecular weight is 789 g/mol. The molecule has 5 rings (SSSR count). The molecule has 0 amide bonds. The second kappa shape index (κ2) is 19.8. The molecule has 1 aliphatic carbocycles. The van der Waals surface area contributed by atoms with Gasteiger partial charge < -0.3 is 0 Å². The third-order valence-electron chi connectivity index (χ3n) is 11.5. The van der Waals surface area contributed by atoms with E-state index in [9.17, 15) is 0 Å². The summed E-state index contributed by atoms with van der Waals surface area (Å²) in [5.74, 6) is 0. The van der Waals surface area contributed by atoms with E-state index in [0.29, 0.717) is 0 Å². The summed E-state index contributed by atoms with van der Waals surface area (Å²) in [7, 11) is 0. The second-order valence-electron chi connectivity index (χ2n) is 20.1. The van der Waals surface area contributed by atoms with E-state index in [1.807, 2.05) is 27.7 Å². The van der Waals surface area contributed by atoms with Crippen molar-refractivity contribution in [1.82, 2.24) is 0 Å². The van der Waals surface area contributed by atoms with E-state index < -0.39 is 0 Å². The monoisotopic (exact) mass is 789 g/mol. The van der Waals surface area contributed by atoms with Gasteiger partial charge in [0.1, 0.15) is 0 Å². The van der Waals surface area contributed by atoms with Crippen molar-refractivity contribution in [3.8, 4) is 0 Å². The molecule has 0 saturated heterocycles. The molecule has 0 N–H and O–H groups in total. The van der Waals surface area contributed by atoms with Gasteiger partial charge in [-0.1, -0.05) is 231 Å². The third kappa shape index (κ3) is 11.9. The highest BCUT2D eigenvalue weighted by molar-refractivity contribution is 6.03. The van der Waals surface area contributed by atoms with Crippen LogP contribution in [0.4, 0.5) is 0 Å². The van der Waals surface area contributed by atoms with Crippen LogP contribution in [0.3, 0.4) is 0 Å². The first kappa shape index (κ1) is 48.9. The van der Waals surface area contributed by atoms with Gasteiger partial charge in [-0.25, -0.2) is 0 Å². The summed E-state index contributed by atoms with van der Waals surface area (Å²) in [5.41, 5.74) is 15.9. The van der Waals surface area contributed by atoms with Crippen molar-refractivity contribution in [2.24, 2.45) is 10.8 Å². The lowest BCUT2D eigenvalue weighted by Gasteiger charge is -2.33. The molecule has 4 aromatic rings. The third-order valence-corrected chi connectivity index (χ3v) is 11.5. The molecule has 316 valence electrons. The molecule has 59 heavy (non-hydrogen) atoms. The number of hydrogen-bond acceptors (Lipinski definition) is 0. The zero-order chi connectivity index (χ0) is 44.7. The van der Waals surface area contributed by atoms with Gasteiger partial charge in [-0.3, -0.25) is 0 Å².